The van der Waals surface area contributed by atoms with E-state index in [0.717, 1.165) is 12.8 Å². The Morgan fingerprint density at radius 1 is 0.800 bits per heavy atom. The summed E-state index contributed by atoms with van der Waals surface area (Å²) in [5, 5.41) is 0. The van der Waals surface area contributed by atoms with E-state index < -0.39 is 0 Å². The highest BCUT2D eigenvalue weighted by Crippen LogP contribution is 2.07. The molecule has 0 aromatic heterocycles. The van der Waals surface area contributed by atoms with Crippen molar-refractivity contribution < 1.29 is 19.1 Å². The molecule has 0 amide bonds. The molecule has 0 aliphatic heterocycles. The standard InChI is InChI=1S/C16H30O4/c1-5-13(3)11-19-15(17)9-7-8-10-16(18)20-12-14(4)6-2/h13-14H,5-12H2,1-4H3. The van der Waals surface area contributed by atoms with Gasteiger partial charge in [-0.15, -0.1) is 0 Å². The molecule has 0 aromatic rings. The number of rotatable bonds is 11. The molecule has 0 rings (SSSR count). The highest BCUT2D eigenvalue weighted by atomic mass is 16.5. The van der Waals surface area contributed by atoms with E-state index in [0.29, 0.717) is 50.7 Å². The van der Waals surface area contributed by atoms with Gasteiger partial charge in [0.2, 0.25) is 0 Å². The van der Waals surface area contributed by atoms with Crippen molar-refractivity contribution in [2.75, 3.05) is 13.2 Å². The summed E-state index contributed by atoms with van der Waals surface area (Å²) in [4.78, 5) is 22.8. The summed E-state index contributed by atoms with van der Waals surface area (Å²) in [6.45, 7) is 9.24. The van der Waals surface area contributed by atoms with Crippen LogP contribution in [0.2, 0.25) is 0 Å². The number of hydrogen-bond donors (Lipinski definition) is 0. The zero-order valence-electron chi connectivity index (χ0n) is 13.4. The van der Waals surface area contributed by atoms with E-state index in [1.807, 2.05) is 0 Å². The summed E-state index contributed by atoms with van der Waals surface area (Å²) in [5.41, 5.74) is 0. The first-order valence-electron chi connectivity index (χ1n) is 7.80. The van der Waals surface area contributed by atoms with Gasteiger partial charge in [-0.2, -0.15) is 0 Å². The van der Waals surface area contributed by atoms with Crippen molar-refractivity contribution in [2.24, 2.45) is 11.8 Å². The van der Waals surface area contributed by atoms with Crippen molar-refractivity contribution in [3.8, 4) is 0 Å². The molecule has 0 bridgehead atoms. The van der Waals surface area contributed by atoms with Crippen LogP contribution >= 0.6 is 0 Å². The van der Waals surface area contributed by atoms with Gasteiger partial charge in [0.05, 0.1) is 13.2 Å². The summed E-state index contributed by atoms with van der Waals surface area (Å²) in [7, 11) is 0. The number of carbonyl (C=O) groups is 2. The van der Waals surface area contributed by atoms with Crippen molar-refractivity contribution in [2.45, 2.75) is 66.2 Å². The molecule has 0 aliphatic rings. The second-order valence-corrected chi connectivity index (χ2v) is 5.60. The van der Waals surface area contributed by atoms with Crippen LogP contribution in [0.5, 0.6) is 0 Å². The van der Waals surface area contributed by atoms with Crippen molar-refractivity contribution in [3.63, 3.8) is 0 Å². The fourth-order valence-corrected chi connectivity index (χ4v) is 1.39. The van der Waals surface area contributed by atoms with Crippen molar-refractivity contribution >= 4 is 11.9 Å². The van der Waals surface area contributed by atoms with Gasteiger partial charge in [-0.05, 0) is 24.7 Å². The van der Waals surface area contributed by atoms with Gasteiger partial charge in [-0.1, -0.05) is 40.5 Å². The Hall–Kier alpha value is -1.06. The van der Waals surface area contributed by atoms with Crippen LogP contribution in [0.3, 0.4) is 0 Å². The molecular formula is C16H30O4. The Morgan fingerprint density at radius 2 is 1.15 bits per heavy atom. The second kappa shape index (κ2) is 11.7. The molecule has 0 aromatic carbocycles. The molecule has 2 atom stereocenters. The maximum Gasteiger partial charge on any atom is 0.305 e. The lowest BCUT2D eigenvalue weighted by atomic mass is 10.1. The van der Waals surface area contributed by atoms with Crippen LogP contribution in [0.15, 0.2) is 0 Å². The molecule has 0 heterocycles. The number of esters is 2. The maximum atomic E-state index is 11.4. The van der Waals surface area contributed by atoms with Crippen LogP contribution in [-0.2, 0) is 19.1 Å². The summed E-state index contributed by atoms with van der Waals surface area (Å²) in [5.74, 6) is 0.487. The fraction of sp³-hybridized carbons (Fsp3) is 0.875. The molecule has 4 heteroatoms. The number of hydrogen-bond acceptors (Lipinski definition) is 4. The fourth-order valence-electron chi connectivity index (χ4n) is 1.39. The van der Waals surface area contributed by atoms with Crippen molar-refractivity contribution in [3.05, 3.63) is 0 Å². The van der Waals surface area contributed by atoms with Crippen LogP contribution in [0, 0.1) is 11.8 Å². The Labute approximate surface area is 123 Å². The molecule has 0 radical (unpaired) electrons. The largest absolute Gasteiger partial charge is 0.465 e. The minimum Gasteiger partial charge on any atom is -0.465 e. The summed E-state index contributed by atoms with van der Waals surface area (Å²) >= 11 is 0. The first kappa shape index (κ1) is 18.9. The monoisotopic (exact) mass is 286 g/mol. The number of carbonyl (C=O) groups excluding carboxylic acids is 2. The zero-order chi connectivity index (χ0) is 15.4. The lowest BCUT2D eigenvalue weighted by Crippen LogP contribution is -2.12. The molecule has 2 unspecified atom stereocenters. The van der Waals surface area contributed by atoms with Gasteiger partial charge in [0, 0.05) is 12.8 Å². The molecule has 118 valence electrons. The molecular weight excluding hydrogens is 256 g/mol. The number of ether oxygens (including phenoxy) is 2. The first-order chi connectivity index (χ1) is 9.49. The van der Waals surface area contributed by atoms with Gasteiger partial charge in [0.25, 0.3) is 0 Å². The molecule has 4 nitrogen and oxygen atoms in total. The predicted octanol–water partition coefficient (Wildman–Crippen LogP) is 3.73. The maximum absolute atomic E-state index is 11.4. The molecule has 20 heavy (non-hydrogen) atoms. The van der Waals surface area contributed by atoms with Gasteiger partial charge in [0.1, 0.15) is 0 Å². The highest BCUT2D eigenvalue weighted by Gasteiger charge is 2.08. The highest BCUT2D eigenvalue weighted by molar-refractivity contribution is 5.70. The molecule has 0 saturated heterocycles. The number of unbranched alkanes of at least 4 members (excludes halogenated alkanes) is 1. The first-order valence-corrected chi connectivity index (χ1v) is 7.80. The van der Waals surface area contributed by atoms with Crippen molar-refractivity contribution in [1.29, 1.82) is 0 Å². The lowest BCUT2D eigenvalue weighted by molar-refractivity contribution is -0.147. The van der Waals surface area contributed by atoms with E-state index >= 15 is 0 Å². The molecule has 0 aliphatic carbocycles. The normalized spacial score (nSPS) is 13.6. The Balaban J connectivity index is 3.51. The van der Waals surface area contributed by atoms with Gasteiger partial charge in [-0.3, -0.25) is 9.59 Å². The van der Waals surface area contributed by atoms with Crippen LogP contribution in [0.4, 0.5) is 0 Å². The van der Waals surface area contributed by atoms with Gasteiger partial charge >= 0.3 is 11.9 Å². The Bertz CT molecular complexity index is 248. The average Bonchev–Trinajstić information content (AvgIpc) is 2.46. The third-order valence-corrected chi connectivity index (χ3v) is 3.46. The van der Waals surface area contributed by atoms with Crippen LogP contribution < -0.4 is 0 Å². The minimum absolute atomic E-state index is 0.168. The Kier molecular flexibility index (Phi) is 11.1. The smallest absolute Gasteiger partial charge is 0.305 e. The lowest BCUT2D eigenvalue weighted by Gasteiger charge is -2.10. The summed E-state index contributed by atoms with van der Waals surface area (Å²) in [6.07, 6.45) is 4.14. The van der Waals surface area contributed by atoms with E-state index in [1.54, 1.807) is 0 Å². The van der Waals surface area contributed by atoms with E-state index in [2.05, 4.69) is 27.7 Å². The average molecular weight is 286 g/mol. The second-order valence-electron chi connectivity index (χ2n) is 5.60. The summed E-state index contributed by atoms with van der Waals surface area (Å²) < 4.78 is 10.3. The zero-order valence-corrected chi connectivity index (χ0v) is 13.4. The SMILES string of the molecule is CCC(C)COC(=O)CCCCC(=O)OCC(C)CC. The molecule has 0 saturated carbocycles. The van der Waals surface area contributed by atoms with Crippen LogP contribution in [0.1, 0.15) is 66.2 Å². The summed E-state index contributed by atoms with van der Waals surface area (Å²) in [6, 6.07) is 0. The Morgan fingerprint density at radius 3 is 1.45 bits per heavy atom. The molecule has 0 spiro atoms. The van der Waals surface area contributed by atoms with E-state index in [1.165, 1.54) is 0 Å². The third-order valence-electron chi connectivity index (χ3n) is 3.46. The minimum atomic E-state index is -0.168. The van der Waals surface area contributed by atoms with E-state index in [4.69, 9.17) is 9.47 Å². The van der Waals surface area contributed by atoms with E-state index in [9.17, 15) is 9.59 Å². The van der Waals surface area contributed by atoms with Crippen LogP contribution in [0.25, 0.3) is 0 Å². The predicted molar refractivity (Wildman–Crippen MR) is 79.3 cm³/mol. The third kappa shape index (κ3) is 10.8. The van der Waals surface area contributed by atoms with Gasteiger partial charge in [0.15, 0.2) is 0 Å². The molecule has 0 N–H and O–H groups in total. The van der Waals surface area contributed by atoms with Crippen LogP contribution in [-0.4, -0.2) is 25.2 Å². The quantitative estimate of drug-likeness (QED) is 0.429. The van der Waals surface area contributed by atoms with Crippen molar-refractivity contribution in [1.82, 2.24) is 0 Å². The topological polar surface area (TPSA) is 52.6 Å². The van der Waals surface area contributed by atoms with E-state index in [-0.39, 0.29) is 11.9 Å². The van der Waals surface area contributed by atoms with Gasteiger partial charge < -0.3 is 9.47 Å². The van der Waals surface area contributed by atoms with Gasteiger partial charge in [-0.25, -0.2) is 0 Å². The molecule has 0 fully saturated rings.